The Morgan fingerprint density at radius 3 is 2.60 bits per heavy atom. The van der Waals surface area contributed by atoms with Crippen LogP contribution in [0, 0.1) is 6.92 Å². The molecule has 1 saturated heterocycles. The van der Waals surface area contributed by atoms with E-state index in [9.17, 15) is 8.42 Å². The zero-order chi connectivity index (χ0) is 14.6. The molecular formula is C12H21N5O2S. The number of unbranched alkanes of at least 4 members (excludes halogenated alkanes) is 1. The van der Waals surface area contributed by atoms with E-state index >= 15 is 0 Å². The lowest BCUT2D eigenvalue weighted by Crippen LogP contribution is -2.49. The van der Waals surface area contributed by atoms with Crippen LogP contribution in [-0.4, -0.2) is 59.8 Å². The van der Waals surface area contributed by atoms with Gasteiger partial charge >= 0.3 is 0 Å². The topological polar surface area (TPSA) is 82.2 Å². The molecule has 0 bridgehead atoms. The molecular weight excluding hydrogens is 278 g/mol. The number of allylic oxidation sites excluding steroid dienone is 1. The minimum absolute atomic E-state index is 0.193. The zero-order valence-electron chi connectivity index (χ0n) is 11.7. The Balaban J connectivity index is 1.89. The summed E-state index contributed by atoms with van der Waals surface area (Å²) < 4.78 is 25.8. The first-order valence-corrected chi connectivity index (χ1v) is 8.36. The second kappa shape index (κ2) is 6.36. The summed E-state index contributed by atoms with van der Waals surface area (Å²) >= 11 is 0. The Labute approximate surface area is 119 Å². The molecule has 0 amide bonds. The lowest BCUT2D eigenvalue weighted by Gasteiger charge is -2.33. The van der Waals surface area contributed by atoms with E-state index in [0.717, 1.165) is 12.2 Å². The van der Waals surface area contributed by atoms with Crippen molar-refractivity contribution in [3.8, 4) is 0 Å². The van der Waals surface area contributed by atoms with Crippen LogP contribution in [0.3, 0.4) is 0 Å². The van der Waals surface area contributed by atoms with E-state index in [-0.39, 0.29) is 5.75 Å². The molecule has 2 rings (SSSR count). The van der Waals surface area contributed by atoms with E-state index in [1.807, 2.05) is 11.8 Å². The number of hydrogen-bond acceptors (Lipinski definition) is 5. The molecule has 0 unspecified atom stereocenters. The van der Waals surface area contributed by atoms with Crippen molar-refractivity contribution in [2.24, 2.45) is 0 Å². The van der Waals surface area contributed by atoms with Gasteiger partial charge in [-0.3, -0.25) is 5.10 Å². The molecule has 0 aromatic carbocycles. The van der Waals surface area contributed by atoms with Gasteiger partial charge < -0.3 is 4.90 Å². The van der Waals surface area contributed by atoms with E-state index in [1.54, 1.807) is 10.4 Å². The number of piperazine rings is 1. The standard InChI is InChI=1S/C12H21N5O2S/c1-3-4-5-10-20(18,19)17-8-6-16(7-9-17)12-13-11(2)14-15-12/h3H,1,4-10H2,2H3,(H,13,14,15). The molecule has 1 fully saturated rings. The van der Waals surface area contributed by atoms with E-state index in [0.29, 0.717) is 38.5 Å². The van der Waals surface area contributed by atoms with Gasteiger partial charge in [0.25, 0.3) is 0 Å². The molecule has 0 saturated carbocycles. The number of aromatic amines is 1. The Bertz CT molecular complexity index is 546. The number of aryl methyl sites for hydroxylation is 1. The van der Waals surface area contributed by atoms with Gasteiger partial charge in [-0.1, -0.05) is 6.08 Å². The molecule has 1 N–H and O–H groups in total. The lowest BCUT2D eigenvalue weighted by molar-refractivity contribution is 0.382. The van der Waals surface area contributed by atoms with Crippen LogP contribution in [-0.2, 0) is 10.0 Å². The third kappa shape index (κ3) is 3.57. The largest absolute Gasteiger partial charge is 0.337 e. The van der Waals surface area contributed by atoms with Crippen molar-refractivity contribution in [3.05, 3.63) is 18.5 Å². The van der Waals surface area contributed by atoms with Crippen molar-refractivity contribution < 1.29 is 8.42 Å². The fourth-order valence-corrected chi connectivity index (χ4v) is 3.69. The summed E-state index contributed by atoms with van der Waals surface area (Å²) in [5.41, 5.74) is 0. The SMILES string of the molecule is C=CCCCS(=O)(=O)N1CCN(c2n[nH]c(C)n2)CC1. The smallest absolute Gasteiger partial charge is 0.244 e. The minimum atomic E-state index is -3.15. The van der Waals surface area contributed by atoms with E-state index in [1.165, 1.54) is 0 Å². The predicted molar refractivity (Wildman–Crippen MR) is 78.1 cm³/mol. The number of aromatic nitrogens is 3. The van der Waals surface area contributed by atoms with Crippen molar-refractivity contribution in [2.75, 3.05) is 36.8 Å². The average Bonchev–Trinajstić information content (AvgIpc) is 2.86. The van der Waals surface area contributed by atoms with Gasteiger partial charge in [-0.25, -0.2) is 8.42 Å². The predicted octanol–water partition coefficient (Wildman–Crippen LogP) is 0.531. The van der Waals surface area contributed by atoms with Crippen LogP contribution in [0.2, 0.25) is 0 Å². The molecule has 7 nitrogen and oxygen atoms in total. The minimum Gasteiger partial charge on any atom is -0.337 e. The first-order valence-electron chi connectivity index (χ1n) is 6.75. The number of hydrogen-bond donors (Lipinski definition) is 1. The van der Waals surface area contributed by atoms with E-state index < -0.39 is 10.0 Å². The van der Waals surface area contributed by atoms with Gasteiger partial charge in [0, 0.05) is 26.2 Å². The Morgan fingerprint density at radius 2 is 2.05 bits per heavy atom. The number of nitrogens with zero attached hydrogens (tertiary/aromatic N) is 4. The summed E-state index contributed by atoms with van der Waals surface area (Å²) in [6.45, 7) is 7.68. The van der Waals surface area contributed by atoms with Crippen LogP contribution in [0.5, 0.6) is 0 Å². The molecule has 2 heterocycles. The van der Waals surface area contributed by atoms with Gasteiger partial charge in [0.2, 0.25) is 16.0 Å². The maximum atomic E-state index is 12.1. The van der Waals surface area contributed by atoms with Crippen molar-refractivity contribution >= 4 is 16.0 Å². The monoisotopic (exact) mass is 299 g/mol. The van der Waals surface area contributed by atoms with Gasteiger partial charge in [-0.05, 0) is 19.8 Å². The Hall–Kier alpha value is -1.41. The molecule has 0 atom stereocenters. The highest BCUT2D eigenvalue weighted by Gasteiger charge is 2.27. The molecule has 0 aliphatic carbocycles. The zero-order valence-corrected chi connectivity index (χ0v) is 12.6. The molecule has 20 heavy (non-hydrogen) atoms. The van der Waals surface area contributed by atoms with Crippen LogP contribution in [0.1, 0.15) is 18.7 Å². The second-order valence-corrected chi connectivity index (χ2v) is 6.94. The quantitative estimate of drug-likeness (QED) is 0.612. The van der Waals surface area contributed by atoms with Gasteiger partial charge in [0.15, 0.2) is 0 Å². The number of anilines is 1. The normalized spacial score (nSPS) is 17.4. The van der Waals surface area contributed by atoms with Crippen LogP contribution in [0.4, 0.5) is 5.95 Å². The molecule has 8 heteroatoms. The first-order chi connectivity index (χ1) is 9.53. The summed E-state index contributed by atoms with van der Waals surface area (Å²) in [5, 5.41) is 6.90. The maximum Gasteiger partial charge on any atom is 0.244 e. The summed E-state index contributed by atoms with van der Waals surface area (Å²) in [6, 6.07) is 0. The Kier molecular flexibility index (Phi) is 4.77. The summed E-state index contributed by atoms with van der Waals surface area (Å²) in [5.74, 6) is 1.60. The number of H-pyrrole nitrogens is 1. The van der Waals surface area contributed by atoms with Gasteiger partial charge in [0.05, 0.1) is 5.75 Å². The molecule has 1 aromatic rings. The molecule has 0 radical (unpaired) electrons. The highest BCUT2D eigenvalue weighted by Crippen LogP contribution is 2.14. The second-order valence-electron chi connectivity index (χ2n) is 4.85. The van der Waals surface area contributed by atoms with Crippen LogP contribution >= 0.6 is 0 Å². The Morgan fingerprint density at radius 1 is 1.35 bits per heavy atom. The highest BCUT2D eigenvalue weighted by atomic mass is 32.2. The van der Waals surface area contributed by atoms with Crippen molar-refractivity contribution in [1.29, 1.82) is 0 Å². The van der Waals surface area contributed by atoms with Gasteiger partial charge in [-0.15, -0.1) is 11.7 Å². The van der Waals surface area contributed by atoms with Crippen molar-refractivity contribution in [3.63, 3.8) is 0 Å². The third-order valence-corrected chi connectivity index (χ3v) is 5.27. The van der Waals surface area contributed by atoms with Crippen LogP contribution in [0.15, 0.2) is 12.7 Å². The summed E-state index contributed by atoms with van der Waals surface area (Å²) in [7, 11) is -3.15. The van der Waals surface area contributed by atoms with Crippen molar-refractivity contribution in [2.45, 2.75) is 19.8 Å². The molecule has 1 aliphatic heterocycles. The molecule has 0 spiro atoms. The summed E-state index contributed by atoms with van der Waals surface area (Å²) in [4.78, 5) is 6.26. The molecule has 1 aliphatic rings. The molecule has 1 aromatic heterocycles. The lowest BCUT2D eigenvalue weighted by atomic mass is 10.3. The van der Waals surface area contributed by atoms with Gasteiger partial charge in [0.1, 0.15) is 5.82 Å². The number of nitrogens with one attached hydrogen (secondary N) is 1. The first kappa shape index (κ1) is 15.0. The van der Waals surface area contributed by atoms with Gasteiger partial charge in [-0.2, -0.15) is 9.29 Å². The third-order valence-electron chi connectivity index (χ3n) is 3.31. The van der Waals surface area contributed by atoms with E-state index in [2.05, 4.69) is 21.8 Å². The van der Waals surface area contributed by atoms with Crippen LogP contribution < -0.4 is 4.90 Å². The number of sulfonamides is 1. The van der Waals surface area contributed by atoms with E-state index in [4.69, 9.17) is 0 Å². The fraction of sp³-hybridized carbons (Fsp3) is 0.667. The maximum absolute atomic E-state index is 12.1. The van der Waals surface area contributed by atoms with Crippen LogP contribution in [0.25, 0.3) is 0 Å². The summed E-state index contributed by atoms with van der Waals surface area (Å²) in [6.07, 6.45) is 3.11. The highest BCUT2D eigenvalue weighted by molar-refractivity contribution is 7.89. The number of rotatable bonds is 6. The average molecular weight is 299 g/mol. The fourth-order valence-electron chi connectivity index (χ4n) is 2.18. The molecule has 112 valence electrons. The van der Waals surface area contributed by atoms with Crippen molar-refractivity contribution in [1.82, 2.24) is 19.5 Å².